The highest BCUT2D eigenvalue weighted by Crippen LogP contribution is 2.21. The van der Waals surface area contributed by atoms with Crippen molar-refractivity contribution in [2.75, 3.05) is 40.3 Å². The first kappa shape index (κ1) is 16.5. The van der Waals surface area contributed by atoms with Crippen LogP contribution in [0.1, 0.15) is 37.5 Å². The first-order valence-corrected chi connectivity index (χ1v) is 8.32. The van der Waals surface area contributed by atoms with Crippen LogP contribution in [-0.2, 0) is 13.1 Å². The third-order valence-electron chi connectivity index (χ3n) is 4.27. The van der Waals surface area contributed by atoms with Gasteiger partial charge in [0.2, 0.25) is 0 Å². The van der Waals surface area contributed by atoms with Crippen LogP contribution in [0.4, 0.5) is 0 Å². The summed E-state index contributed by atoms with van der Waals surface area (Å²) >= 11 is 0. The Balaban J connectivity index is 1.77. The lowest BCUT2D eigenvalue weighted by Gasteiger charge is -2.33. The maximum atomic E-state index is 5.63. The predicted octanol–water partition coefficient (Wildman–Crippen LogP) is 2.55. The second kappa shape index (κ2) is 8.57. The van der Waals surface area contributed by atoms with E-state index in [1.165, 1.54) is 38.0 Å². The van der Waals surface area contributed by atoms with Crippen LogP contribution < -0.4 is 5.32 Å². The van der Waals surface area contributed by atoms with Crippen molar-refractivity contribution in [3.63, 3.8) is 0 Å². The molecule has 1 aliphatic rings. The highest BCUT2D eigenvalue weighted by Gasteiger charge is 2.20. The number of likely N-dealkylation sites (tertiary alicyclic amines) is 1. The lowest BCUT2D eigenvalue weighted by atomic mass is 9.96. The Bertz CT molecular complexity index is 394. The van der Waals surface area contributed by atoms with E-state index in [4.69, 9.17) is 4.42 Å². The maximum Gasteiger partial charge on any atom is 0.122 e. The van der Waals surface area contributed by atoms with E-state index in [0.717, 1.165) is 37.7 Å². The number of piperidine rings is 1. The van der Waals surface area contributed by atoms with Gasteiger partial charge in [0.15, 0.2) is 0 Å². The zero-order valence-electron chi connectivity index (χ0n) is 13.9. The molecule has 0 unspecified atom stereocenters. The van der Waals surface area contributed by atoms with Crippen LogP contribution in [0.2, 0.25) is 0 Å². The van der Waals surface area contributed by atoms with Gasteiger partial charge in [0.05, 0.1) is 12.8 Å². The molecule has 0 spiro atoms. The SMILES string of the molecule is CCCNCc1occc1CN1CCC(CN(C)C)CC1. The summed E-state index contributed by atoms with van der Waals surface area (Å²) in [5.74, 6) is 1.98. The summed E-state index contributed by atoms with van der Waals surface area (Å²) in [5, 5.41) is 3.43. The molecule has 4 heteroatoms. The van der Waals surface area contributed by atoms with E-state index in [1.54, 1.807) is 0 Å². The zero-order valence-corrected chi connectivity index (χ0v) is 13.9. The van der Waals surface area contributed by atoms with Gasteiger partial charge in [0.25, 0.3) is 0 Å². The van der Waals surface area contributed by atoms with Crippen molar-refractivity contribution >= 4 is 0 Å². The molecule has 0 aromatic carbocycles. The molecule has 1 fully saturated rings. The predicted molar refractivity (Wildman–Crippen MR) is 87.3 cm³/mol. The topological polar surface area (TPSA) is 31.7 Å². The molecule has 0 saturated carbocycles. The number of hydrogen-bond acceptors (Lipinski definition) is 4. The van der Waals surface area contributed by atoms with Crippen LogP contribution in [0.15, 0.2) is 16.7 Å². The smallest absolute Gasteiger partial charge is 0.122 e. The lowest BCUT2D eigenvalue weighted by molar-refractivity contribution is 0.156. The second-order valence-corrected chi connectivity index (χ2v) is 6.53. The summed E-state index contributed by atoms with van der Waals surface area (Å²) in [5.41, 5.74) is 1.35. The first-order chi connectivity index (χ1) is 10.2. The van der Waals surface area contributed by atoms with Crippen molar-refractivity contribution in [2.24, 2.45) is 5.92 Å². The fraction of sp³-hybridized carbons (Fsp3) is 0.765. The van der Waals surface area contributed by atoms with Gasteiger partial charge < -0.3 is 14.6 Å². The van der Waals surface area contributed by atoms with Crippen molar-refractivity contribution in [2.45, 2.75) is 39.3 Å². The molecule has 0 aliphatic carbocycles. The molecule has 2 heterocycles. The summed E-state index contributed by atoms with van der Waals surface area (Å²) in [4.78, 5) is 4.88. The highest BCUT2D eigenvalue weighted by molar-refractivity contribution is 5.17. The van der Waals surface area contributed by atoms with Crippen molar-refractivity contribution in [1.82, 2.24) is 15.1 Å². The maximum absolute atomic E-state index is 5.63. The molecule has 1 aromatic rings. The van der Waals surface area contributed by atoms with E-state index in [9.17, 15) is 0 Å². The van der Waals surface area contributed by atoms with Gasteiger partial charge >= 0.3 is 0 Å². The Kier molecular flexibility index (Phi) is 6.74. The van der Waals surface area contributed by atoms with Gasteiger partial charge in [-0.3, -0.25) is 4.90 Å². The van der Waals surface area contributed by atoms with Gasteiger partial charge in [-0.15, -0.1) is 0 Å². The number of rotatable bonds is 8. The Morgan fingerprint density at radius 2 is 2.10 bits per heavy atom. The summed E-state index contributed by atoms with van der Waals surface area (Å²) < 4.78 is 5.63. The molecule has 1 N–H and O–H groups in total. The van der Waals surface area contributed by atoms with Crippen LogP contribution in [0.5, 0.6) is 0 Å². The molecule has 2 rings (SSSR count). The van der Waals surface area contributed by atoms with E-state index < -0.39 is 0 Å². The molecule has 21 heavy (non-hydrogen) atoms. The molecular weight excluding hydrogens is 262 g/mol. The third kappa shape index (κ3) is 5.46. The number of furan rings is 1. The molecule has 0 bridgehead atoms. The molecule has 4 nitrogen and oxygen atoms in total. The second-order valence-electron chi connectivity index (χ2n) is 6.53. The van der Waals surface area contributed by atoms with Gasteiger partial charge in [0.1, 0.15) is 5.76 Å². The van der Waals surface area contributed by atoms with Crippen LogP contribution in [0.3, 0.4) is 0 Å². The number of nitrogens with one attached hydrogen (secondary N) is 1. The molecular formula is C17H31N3O. The Hall–Kier alpha value is -0.840. The summed E-state index contributed by atoms with van der Waals surface area (Å²) in [7, 11) is 4.35. The number of hydrogen-bond donors (Lipinski definition) is 1. The monoisotopic (exact) mass is 293 g/mol. The normalized spacial score (nSPS) is 17.7. The summed E-state index contributed by atoms with van der Waals surface area (Å²) in [6.45, 7) is 8.79. The van der Waals surface area contributed by atoms with Crippen LogP contribution in [0, 0.1) is 5.92 Å². The minimum absolute atomic E-state index is 0.854. The third-order valence-corrected chi connectivity index (χ3v) is 4.27. The average Bonchev–Trinajstić information content (AvgIpc) is 2.88. The first-order valence-electron chi connectivity index (χ1n) is 8.32. The minimum atomic E-state index is 0.854. The van der Waals surface area contributed by atoms with Gasteiger partial charge in [-0.1, -0.05) is 6.92 Å². The van der Waals surface area contributed by atoms with E-state index in [1.807, 2.05) is 6.26 Å². The Morgan fingerprint density at radius 1 is 1.33 bits per heavy atom. The Labute approximate surface area is 129 Å². The molecule has 0 radical (unpaired) electrons. The fourth-order valence-corrected chi connectivity index (χ4v) is 3.13. The minimum Gasteiger partial charge on any atom is -0.468 e. The largest absolute Gasteiger partial charge is 0.468 e. The fourth-order valence-electron chi connectivity index (χ4n) is 3.13. The quantitative estimate of drug-likeness (QED) is 0.747. The average molecular weight is 293 g/mol. The van der Waals surface area contributed by atoms with Crippen molar-refractivity contribution < 1.29 is 4.42 Å². The van der Waals surface area contributed by atoms with E-state index in [0.29, 0.717) is 0 Å². The summed E-state index contributed by atoms with van der Waals surface area (Å²) in [6.07, 6.45) is 5.63. The van der Waals surface area contributed by atoms with Crippen LogP contribution in [0.25, 0.3) is 0 Å². The Morgan fingerprint density at radius 3 is 2.76 bits per heavy atom. The van der Waals surface area contributed by atoms with Crippen molar-refractivity contribution in [3.05, 3.63) is 23.7 Å². The van der Waals surface area contributed by atoms with E-state index in [-0.39, 0.29) is 0 Å². The zero-order chi connectivity index (χ0) is 15.1. The van der Waals surface area contributed by atoms with E-state index in [2.05, 4.69) is 42.2 Å². The molecule has 1 saturated heterocycles. The van der Waals surface area contributed by atoms with Gasteiger partial charge in [-0.25, -0.2) is 0 Å². The van der Waals surface area contributed by atoms with Gasteiger partial charge in [0, 0.05) is 18.7 Å². The molecule has 0 atom stereocenters. The lowest BCUT2D eigenvalue weighted by Crippen LogP contribution is -2.36. The van der Waals surface area contributed by atoms with Crippen molar-refractivity contribution in [3.8, 4) is 0 Å². The molecule has 1 aromatic heterocycles. The van der Waals surface area contributed by atoms with Crippen LogP contribution in [-0.4, -0.2) is 50.1 Å². The highest BCUT2D eigenvalue weighted by atomic mass is 16.3. The van der Waals surface area contributed by atoms with Crippen LogP contribution >= 0.6 is 0 Å². The molecule has 120 valence electrons. The van der Waals surface area contributed by atoms with Crippen molar-refractivity contribution in [1.29, 1.82) is 0 Å². The number of nitrogens with zero attached hydrogens (tertiary/aromatic N) is 2. The molecule has 0 amide bonds. The van der Waals surface area contributed by atoms with Gasteiger partial charge in [-0.05, 0) is 65.0 Å². The standard InChI is InChI=1S/C17H31N3O/c1-4-8-18-12-17-16(7-11-21-17)14-20-9-5-15(6-10-20)13-19(2)3/h7,11,15,18H,4-6,8-10,12-14H2,1-3H3. The van der Waals surface area contributed by atoms with E-state index >= 15 is 0 Å². The molecule has 1 aliphatic heterocycles. The summed E-state index contributed by atoms with van der Waals surface area (Å²) in [6, 6.07) is 2.13. The van der Waals surface area contributed by atoms with Gasteiger partial charge in [-0.2, -0.15) is 0 Å².